The first-order valence-electron chi connectivity index (χ1n) is 7.47. The average molecular weight is 307 g/mol. The molecule has 0 radical (unpaired) electrons. The number of aliphatic hydroxyl groups is 1. The molecule has 0 unspecified atom stereocenters. The van der Waals surface area contributed by atoms with E-state index in [1.165, 1.54) is 0 Å². The van der Waals surface area contributed by atoms with Gasteiger partial charge in [-0.15, -0.1) is 0 Å². The van der Waals surface area contributed by atoms with Crippen LogP contribution >= 0.6 is 0 Å². The van der Waals surface area contributed by atoms with E-state index in [1.807, 2.05) is 0 Å². The second kappa shape index (κ2) is 8.29. The highest BCUT2D eigenvalue weighted by molar-refractivity contribution is 7.89. The van der Waals surface area contributed by atoms with Crippen molar-refractivity contribution in [2.75, 3.05) is 38.5 Å². The summed E-state index contributed by atoms with van der Waals surface area (Å²) in [5, 5.41) is 8.97. The van der Waals surface area contributed by atoms with Gasteiger partial charge in [0.1, 0.15) is 0 Å². The first-order valence-corrected chi connectivity index (χ1v) is 9.07. The number of nitrogens with two attached hydrogens (primary N) is 1. The highest BCUT2D eigenvalue weighted by Crippen LogP contribution is 2.21. The first-order chi connectivity index (χ1) is 9.42. The molecule has 1 aliphatic rings. The molecule has 0 aliphatic carbocycles. The van der Waals surface area contributed by atoms with Crippen molar-refractivity contribution in [2.45, 2.75) is 45.2 Å². The Balaban J connectivity index is 2.70. The zero-order valence-electron chi connectivity index (χ0n) is 12.7. The predicted octanol–water partition coefficient (Wildman–Crippen LogP) is -0.168. The SMILES string of the molecule is CC(C)N1CCC(N(CCCO)S(=O)(=O)CCN)CC1. The van der Waals surface area contributed by atoms with Crippen LogP contribution in [0.25, 0.3) is 0 Å². The average Bonchev–Trinajstić information content (AvgIpc) is 2.39. The lowest BCUT2D eigenvalue weighted by molar-refractivity contribution is 0.129. The number of hydrogen-bond acceptors (Lipinski definition) is 5. The Kier molecular flexibility index (Phi) is 7.39. The van der Waals surface area contributed by atoms with E-state index in [0.29, 0.717) is 19.0 Å². The topological polar surface area (TPSA) is 86.9 Å². The molecule has 0 spiro atoms. The van der Waals surface area contributed by atoms with Crippen LogP contribution in [0.15, 0.2) is 0 Å². The summed E-state index contributed by atoms with van der Waals surface area (Å²) < 4.78 is 26.2. The lowest BCUT2D eigenvalue weighted by Crippen LogP contribution is -2.50. The van der Waals surface area contributed by atoms with Crippen LogP contribution in [0.5, 0.6) is 0 Å². The maximum absolute atomic E-state index is 12.3. The molecule has 1 saturated heterocycles. The van der Waals surface area contributed by atoms with Gasteiger partial charge in [0.25, 0.3) is 0 Å². The van der Waals surface area contributed by atoms with Crippen LogP contribution in [0.3, 0.4) is 0 Å². The van der Waals surface area contributed by atoms with Gasteiger partial charge in [-0.1, -0.05) is 0 Å². The molecule has 0 aromatic heterocycles. The molecule has 3 N–H and O–H groups in total. The molecule has 0 aromatic rings. The largest absolute Gasteiger partial charge is 0.396 e. The Hall–Kier alpha value is -0.210. The van der Waals surface area contributed by atoms with Gasteiger partial charge in [-0.25, -0.2) is 8.42 Å². The molecule has 0 aromatic carbocycles. The monoisotopic (exact) mass is 307 g/mol. The fourth-order valence-electron chi connectivity index (χ4n) is 2.73. The molecule has 1 aliphatic heterocycles. The van der Waals surface area contributed by atoms with Gasteiger partial charge in [-0.05, 0) is 46.2 Å². The molecule has 7 heteroatoms. The summed E-state index contributed by atoms with van der Waals surface area (Å²) in [5.74, 6) is -0.0111. The van der Waals surface area contributed by atoms with Crippen molar-refractivity contribution in [3.8, 4) is 0 Å². The van der Waals surface area contributed by atoms with Gasteiger partial charge in [-0.2, -0.15) is 4.31 Å². The number of nitrogens with zero attached hydrogens (tertiary/aromatic N) is 2. The molecule has 0 atom stereocenters. The first kappa shape index (κ1) is 17.8. The summed E-state index contributed by atoms with van der Waals surface area (Å²) in [6.07, 6.45) is 2.19. The molecule has 0 saturated carbocycles. The normalized spacial score (nSPS) is 19.1. The van der Waals surface area contributed by atoms with Gasteiger partial charge in [0.2, 0.25) is 10.0 Å². The van der Waals surface area contributed by atoms with E-state index >= 15 is 0 Å². The van der Waals surface area contributed by atoms with E-state index in [0.717, 1.165) is 25.9 Å². The standard InChI is InChI=1S/C13H29N3O3S/c1-12(2)15-8-4-13(5-9-15)16(7-3-10-17)20(18,19)11-6-14/h12-13,17H,3-11,14H2,1-2H3. The van der Waals surface area contributed by atoms with E-state index in [-0.39, 0.29) is 24.9 Å². The van der Waals surface area contributed by atoms with Crippen LogP contribution in [0.4, 0.5) is 0 Å². The van der Waals surface area contributed by atoms with Crippen LogP contribution in [-0.2, 0) is 10.0 Å². The Labute approximate surface area is 123 Å². The minimum Gasteiger partial charge on any atom is -0.396 e. The van der Waals surface area contributed by atoms with E-state index in [4.69, 9.17) is 10.8 Å². The lowest BCUT2D eigenvalue weighted by Gasteiger charge is -2.39. The zero-order valence-corrected chi connectivity index (χ0v) is 13.5. The van der Waals surface area contributed by atoms with Crippen molar-refractivity contribution >= 4 is 10.0 Å². The minimum atomic E-state index is -3.30. The molecule has 0 amide bonds. The third kappa shape index (κ3) is 4.96. The Morgan fingerprint density at radius 1 is 1.35 bits per heavy atom. The van der Waals surface area contributed by atoms with Crippen molar-refractivity contribution in [2.24, 2.45) is 5.73 Å². The number of rotatable bonds is 8. The van der Waals surface area contributed by atoms with E-state index in [9.17, 15) is 8.42 Å². The van der Waals surface area contributed by atoms with Crippen LogP contribution in [-0.4, -0.2) is 73.4 Å². The van der Waals surface area contributed by atoms with Gasteiger partial charge in [0.05, 0.1) is 5.75 Å². The van der Waals surface area contributed by atoms with E-state index in [2.05, 4.69) is 18.7 Å². The maximum atomic E-state index is 12.3. The van der Waals surface area contributed by atoms with Crippen molar-refractivity contribution < 1.29 is 13.5 Å². The summed E-state index contributed by atoms with van der Waals surface area (Å²) in [4.78, 5) is 2.37. The highest BCUT2D eigenvalue weighted by atomic mass is 32.2. The van der Waals surface area contributed by atoms with Crippen LogP contribution < -0.4 is 5.73 Å². The molecular weight excluding hydrogens is 278 g/mol. The number of aliphatic hydroxyl groups excluding tert-OH is 1. The Morgan fingerprint density at radius 3 is 2.40 bits per heavy atom. The summed E-state index contributed by atoms with van der Waals surface area (Å²) >= 11 is 0. The Morgan fingerprint density at radius 2 is 1.95 bits per heavy atom. The molecule has 120 valence electrons. The highest BCUT2D eigenvalue weighted by Gasteiger charge is 2.32. The quantitative estimate of drug-likeness (QED) is 0.650. The van der Waals surface area contributed by atoms with Crippen molar-refractivity contribution in [1.29, 1.82) is 0 Å². The molecule has 1 fully saturated rings. The van der Waals surface area contributed by atoms with E-state index < -0.39 is 10.0 Å². The second-order valence-corrected chi connectivity index (χ2v) is 7.69. The molecule has 20 heavy (non-hydrogen) atoms. The Bertz CT molecular complexity index is 365. The molecular formula is C13H29N3O3S. The summed E-state index contributed by atoms with van der Waals surface area (Å²) in [6.45, 7) is 6.73. The summed E-state index contributed by atoms with van der Waals surface area (Å²) in [5.41, 5.74) is 5.41. The van der Waals surface area contributed by atoms with Gasteiger partial charge in [-0.3, -0.25) is 0 Å². The smallest absolute Gasteiger partial charge is 0.215 e. The van der Waals surface area contributed by atoms with Crippen molar-refractivity contribution in [1.82, 2.24) is 9.21 Å². The molecule has 6 nitrogen and oxygen atoms in total. The second-order valence-electron chi connectivity index (χ2n) is 5.65. The van der Waals surface area contributed by atoms with Crippen LogP contribution in [0.1, 0.15) is 33.1 Å². The van der Waals surface area contributed by atoms with Gasteiger partial charge >= 0.3 is 0 Å². The van der Waals surface area contributed by atoms with Crippen LogP contribution in [0, 0.1) is 0 Å². The third-order valence-electron chi connectivity index (χ3n) is 3.91. The van der Waals surface area contributed by atoms with Crippen LogP contribution in [0.2, 0.25) is 0 Å². The van der Waals surface area contributed by atoms with Gasteiger partial charge < -0.3 is 15.7 Å². The van der Waals surface area contributed by atoms with Gasteiger partial charge in [0.15, 0.2) is 0 Å². The lowest BCUT2D eigenvalue weighted by atomic mass is 10.0. The number of sulfonamides is 1. The van der Waals surface area contributed by atoms with Gasteiger partial charge in [0, 0.05) is 31.8 Å². The predicted molar refractivity (Wildman–Crippen MR) is 81.0 cm³/mol. The molecule has 0 bridgehead atoms. The van der Waals surface area contributed by atoms with E-state index in [1.54, 1.807) is 4.31 Å². The van der Waals surface area contributed by atoms with Crippen molar-refractivity contribution in [3.05, 3.63) is 0 Å². The number of hydrogen-bond donors (Lipinski definition) is 2. The molecule has 1 heterocycles. The minimum absolute atomic E-state index is 0.0111. The fraction of sp³-hybridized carbons (Fsp3) is 1.00. The summed E-state index contributed by atoms with van der Waals surface area (Å²) in [7, 11) is -3.30. The van der Waals surface area contributed by atoms with Crippen molar-refractivity contribution in [3.63, 3.8) is 0 Å². The maximum Gasteiger partial charge on any atom is 0.215 e. The fourth-order valence-corrected chi connectivity index (χ4v) is 4.34. The zero-order chi connectivity index (χ0) is 15.2. The molecule has 1 rings (SSSR count). The summed E-state index contributed by atoms with van der Waals surface area (Å²) in [6, 6.07) is 0.551. The number of likely N-dealkylation sites (tertiary alicyclic amines) is 1. The third-order valence-corrected chi connectivity index (χ3v) is 5.85. The number of piperidine rings is 1.